The highest BCUT2D eigenvalue weighted by Crippen LogP contribution is 2.54. The number of esters is 1. The zero-order chi connectivity index (χ0) is 14.4. The van der Waals surface area contributed by atoms with E-state index in [0.29, 0.717) is 0 Å². The van der Waals surface area contributed by atoms with E-state index in [2.05, 4.69) is 20.4 Å². The van der Waals surface area contributed by atoms with E-state index in [-0.39, 0.29) is 23.4 Å². The van der Waals surface area contributed by atoms with Gasteiger partial charge in [-0.15, -0.1) is 0 Å². The monoisotopic (exact) mass is 264 g/mol. The average molecular weight is 264 g/mol. The van der Waals surface area contributed by atoms with Gasteiger partial charge in [0.15, 0.2) is 0 Å². The maximum absolute atomic E-state index is 11.3. The van der Waals surface area contributed by atoms with Crippen LogP contribution < -0.4 is 0 Å². The van der Waals surface area contributed by atoms with E-state index in [9.17, 15) is 4.79 Å². The third-order valence-electron chi connectivity index (χ3n) is 4.49. The molecule has 2 aliphatic rings. The Hall–Kier alpha value is -1.25. The lowest BCUT2D eigenvalue weighted by atomic mass is 9.57. The van der Waals surface area contributed by atoms with Crippen molar-refractivity contribution in [2.45, 2.75) is 59.2 Å². The van der Waals surface area contributed by atoms with Crippen molar-refractivity contribution in [1.29, 1.82) is 0 Å². The van der Waals surface area contributed by atoms with Crippen LogP contribution in [0.25, 0.3) is 0 Å². The minimum Gasteiger partial charge on any atom is -0.488 e. The number of rotatable bonds is 1. The molecule has 0 aromatic heterocycles. The van der Waals surface area contributed by atoms with Crippen LogP contribution in [-0.4, -0.2) is 17.7 Å². The van der Waals surface area contributed by atoms with Crippen LogP contribution in [0.3, 0.4) is 0 Å². The minimum absolute atomic E-state index is 0.0969. The van der Waals surface area contributed by atoms with Crippen molar-refractivity contribution in [1.82, 2.24) is 0 Å². The lowest BCUT2D eigenvalue weighted by molar-refractivity contribution is -0.195. The first-order valence-electron chi connectivity index (χ1n) is 6.90. The first kappa shape index (κ1) is 14.2. The molecule has 2 rings (SSSR count). The summed E-state index contributed by atoms with van der Waals surface area (Å²) in [6, 6.07) is 0. The summed E-state index contributed by atoms with van der Waals surface area (Å²) in [4.78, 5) is 11.3. The van der Waals surface area contributed by atoms with E-state index in [1.54, 1.807) is 0 Å². The van der Waals surface area contributed by atoms with E-state index in [0.717, 1.165) is 24.2 Å². The number of ether oxygens (including phenoxy) is 2. The lowest BCUT2D eigenvalue weighted by Crippen LogP contribution is -2.59. The first-order chi connectivity index (χ1) is 8.67. The van der Waals surface area contributed by atoms with Crippen LogP contribution in [0.15, 0.2) is 24.0 Å². The number of allylic oxidation sites excluding steroid dienone is 2. The van der Waals surface area contributed by atoms with Crippen molar-refractivity contribution in [3.8, 4) is 0 Å². The molecule has 19 heavy (non-hydrogen) atoms. The van der Waals surface area contributed by atoms with Gasteiger partial charge >= 0.3 is 5.97 Å². The van der Waals surface area contributed by atoms with Gasteiger partial charge in [-0.1, -0.05) is 20.4 Å². The van der Waals surface area contributed by atoms with Crippen molar-refractivity contribution < 1.29 is 14.3 Å². The summed E-state index contributed by atoms with van der Waals surface area (Å²) in [6.07, 6.45) is 3.63. The van der Waals surface area contributed by atoms with Crippen molar-refractivity contribution in [2.75, 3.05) is 0 Å². The number of hydrogen-bond donors (Lipinski definition) is 0. The third-order valence-corrected chi connectivity index (χ3v) is 4.49. The molecule has 0 bridgehead atoms. The Bertz CT molecular complexity index is 447. The zero-order valence-electron chi connectivity index (χ0n) is 12.6. The topological polar surface area (TPSA) is 35.5 Å². The van der Waals surface area contributed by atoms with Gasteiger partial charge in [0.25, 0.3) is 0 Å². The predicted octanol–water partition coefficient (Wildman–Crippen LogP) is 3.60. The number of carbonyl (C=O) groups excluding carboxylic acids is 1. The quantitative estimate of drug-likeness (QED) is 0.679. The first-order valence-corrected chi connectivity index (χ1v) is 6.90. The molecule has 1 aliphatic heterocycles. The highest BCUT2D eigenvalue weighted by Gasteiger charge is 2.57. The summed E-state index contributed by atoms with van der Waals surface area (Å²) in [7, 11) is 0. The van der Waals surface area contributed by atoms with Gasteiger partial charge in [0.1, 0.15) is 11.7 Å². The maximum Gasteiger partial charge on any atom is 0.303 e. The Morgan fingerprint density at radius 1 is 1.47 bits per heavy atom. The number of carbonyl (C=O) groups is 1. The minimum atomic E-state index is -0.511. The van der Waals surface area contributed by atoms with Crippen LogP contribution in [-0.2, 0) is 14.3 Å². The molecular formula is C16H24O3. The molecule has 3 unspecified atom stereocenters. The number of fused-ring (bicyclic) bond motifs is 1. The molecule has 1 aliphatic carbocycles. The van der Waals surface area contributed by atoms with Gasteiger partial charge < -0.3 is 9.47 Å². The van der Waals surface area contributed by atoms with E-state index in [1.807, 2.05) is 19.9 Å². The Morgan fingerprint density at radius 3 is 2.68 bits per heavy atom. The molecule has 3 atom stereocenters. The Balaban J connectivity index is 2.43. The fourth-order valence-corrected chi connectivity index (χ4v) is 3.99. The molecule has 3 nitrogen and oxygen atoms in total. The molecule has 1 saturated carbocycles. The molecule has 0 aromatic rings. The van der Waals surface area contributed by atoms with Crippen molar-refractivity contribution in [2.24, 2.45) is 11.3 Å². The van der Waals surface area contributed by atoms with E-state index < -0.39 is 5.60 Å². The molecule has 0 saturated heterocycles. The summed E-state index contributed by atoms with van der Waals surface area (Å²) < 4.78 is 11.6. The van der Waals surface area contributed by atoms with Crippen LogP contribution in [0.4, 0.5) is 0 Å². The second-order valence-electron chi connectivity index (χ2n) is 6.67. The highest BCUT2D eigenvalue weighted by atomic mass is 16.6. The molecule has 106 valence electrons. The van der Waals surface area contributed by atoms with Gasteiger partial charge in [-0.25, -0.2) is 0 Å². The molecular weight excluding hydrogens is 240 g/mol. The molecule has 0 spiro atoms. The van der Waals surface area contributed by atoms with Crippen molar-refractivity contribution >= 4 is 5.97 Å². The van der Waals surface area contributed by atoms with Crippen LogP contribution >= 0.6 is 0 Å². The summed E-state index contributed by atoms with van der Waals surface area (Å²) in [5.41, 5.74) is 0.663. The molecule has 0 aromatic carbocycles. The van der Waals surface area contributed by atoms with Gasteiger partial charge in [-0.2, -0.15) is 0 Å². The van der Waals surface area contributed by atoms with E-state index in [1.165, 1.54) is 6.92 Å². The molecule has 3 heteroatoms. The smallest absolute Gasteiger partial charge is 0.303 e. The van der Waals surface area contributed by atoms with Crippen LogP contribution in [0.2, 0.25) is 0 Å². The largest absolute Gasteiger partial charge is 0.488 e. The zero-order valence-corrected chi connectivity index (χ0v) is 12.6. The fourth-order valence-electron chi connectivity index (χ4n) is 3.99. The highest BCUT2D eigenvalue weighted by molar-refractivity contribution is 5.66. The second-order valence-corrected chi connectivity index (χ2v) is 6.67. The van der Waals surface area contributed by atoms with Crippen LogP contribution in [0.5, 0.6) is 0 Å². The summed E-state index contributed by atoms with van der Waals surface area (Å²) >= 11 is 0. The fraction of sp³-hybridized carbons (Fsp3) is 0.688. The summed E-state index contributed by atoms with van der Waals surface area (Å²) in [5, 5.41) is 0. The Labute approximate surface area is 115 Å². The summed E-state index contributed by atoms with van der Waals surface area (Å²) in [5.74, 6) is 0.770. The lowest BCUT2D eigenvalue weighted by Gasteiger charge is -2.55. The SMILES string of the molecule is C=C1C=C(C)OC2(C)C(OC(C)=O)CCC(C)(C)C12. The van der Waals surface area contributed by atoms with E-state index >= 15 is 0 Å². The molecule has 1 fully saturated rings. The molecule has 1 heterocycles. The molecule has 0 N–H and O–H groups in total. The van der Waals surface area contributed by atoms with Gasteiger partial charge in [0, 0.05) is 12.8 Å². The normalized spacial score (nSPS) is 36.9. The second kappa shape index (κ2) is 4.39. The Kier molecular flexibility index (Phi) is 3.28. The third kappa shape index (κ3) is 2.31. The van der Waals surface area contributed by atoms with Gasteiger partial charge in [0.2, 0.25) is 0 Å². The number of hydrogen-bond acceptors (Lipinski definition) is 3. The Morgan fingerprint density at radius 2 is 2.11 bits per heavy atom. The van der Waals surface area contributed by atoms with Gasteiger partial charge in [-0.05, 0) is 43.8 Å². The standard InChI is InChI=1S/C16H24O3/c1-10-9-11(2)19-16(6)13(18-12(3)17)7-8-15(4,5)14(10)16/h9,13-14H,1,7-8H2,2-6H3. The van der Waals surface area contributed by atoms with Crippen molar-refractivity contribution in [3.63, 3.8) is 0 Å². The van der Waals surface area contributed by atoms with Gasteiger partial charge in [-0.3, -0.25) is 4.79 Å². The predicted molar refractivity (Wildman–Crippen MR) is 74.4 cm³/mol. The van der Waals surface area contributed by atoms with E-state index in [4.69, 9.17) is 9.47 Å². The maximum atomic E-state index is 11.3. The van der Waals surface area contributed by atoms with Crippen molar-refractivity contribution in [3.05, 3.63) is 24.0 Å². The molecule has 0 radical (unpaired) electrons. The summed E-state index contributed by atoms with van der Waals surface area (Å²) in [6.45, 7) is 14.1. The average Bonchev–Trinajstić information content (AvgIpc) is 2.19. The van der Waals surface area contributed by atoms with Gasteiger partial charge in [0.05, 0.1) is 5.76 Å². The van der Waals surface area contributed by atoms with Crippen LogP contribution in [0, 0.1) is 11.3 Å². The van der Waals surface area contributed by atoms with Crippen LogP contribution in [0.1, 0.15) is 47.5 Å². The molecule has 0 amide bonds.